The molecule has 7 heteroatoms. The molecule has 1 N–H and O–H groups in total. The number of nitrogens with one attached hydrogen (secondary N) is 1. The molecular formula is C17H25N5O2. The zero-order valence-corrected chi connectivity index (χ0v) is 14.4. The van der Waals surface area contributed by atoms with Gasteiger partial charge < -0.3 is 14.6 Å². The lowest BCUT2D eigenvalue weighted by molar-refractivity contribution is 0.0827. The number of ether oxygens (including phenoxy) is 1. The van der Waals surface area contributed by atoms with Gasteiger partial charge in [-0.05, 0) is 26.7 Å². The smallest absolute Gasteiger partial charge is 0.254 e. The highest BCUT2D eigenvalue weighted by Gasteiger charge is 2.21. The molecule has 1 fully saturated rings. The lowest BCUT2D eigenvalue weighted by atomic mass is 9.99. The molecule has 3 rings (SSSR count). The maximum atomic E-state index is 12.2. The average molecular weight is 331 g/mol. The molecule has 24 heavy (non-hydrogen) atoms. The third-order valence-corrected chi connectivity index (χ3v) is 4.51. The lowest BCUT2D eigenvalue weighted by Crippen LogP contribution is -2.28. The van der Waals surface area contributed by atoms with Gasteiger partial charge in [0.1, 0.15) is 5.82 Å². The number of aromatic nitrogens is 4. The first-order chi connectivity index (χ1) is 11.7. The topological polar surface area (TPSA) is 74.0 Å². The minimum atomic E-state index is -0.0833. The minimum absolute atomic E-state index is 0.0833. The van der Waals surface area contributed by atoms with Crippen molar-refractivity contribution in [1.29, 1.82) is 0 Å². The minimum Gasteiger partial charge on any atom is -0.381 e. The van der Waals surface area contributed by atoms with Crippen LogP contribution in [0.5, 0.6) is 0 Å². The van der Waals surface area contributed by atoms with Crippen LogP contribution in [-0.4, -0.2) is 45.0 Å². The highest BCUT2D eigenvalue weighted by Crippen LogP contribution is 2.26. The fourth-order valence-electron chi connectivity index (χ4n) is 3.09. The fourth-order valence-corrected chi connectivity index (χ4v) is 3.09. The normalized spacial score (nSPS) is 15.6. The monoisotopic (exact) mass is 331 g/mol. The Hall–Kier alpha value is -2.15. The first-order valence-corrected chi connectivity index (χ1v) is 8.59. The SMILES string of the molecule is CCn1cc(C(=O)NCCn2c(C)cnc2C2CCOCC2)cn1. The first-order valence-electron chi connectivity index (χ1n) is 8.59. The van der Waals surface area contributed by atoms with Crippen LogP contribution in [0, 0.1) is 6.92 Å². The number of hydrogen-bond donors (Lipinski definition) is 1. The molecule has 1 aliphatic heterocycles. The summed E-state index contributed by atoms with van der Waals surface area (Å²) in [7, 11) is 0. The molecular weight excluding hydrogens is 306 g/mol. The van der Waals surface area contributed by atoms with Crippen molar-refractivity contribution in [2.75, 3.05) is 19.8 Å². The van der Waals surface area contributed by atoms with Gasteiger partial charge in [0.25, 0.3) is 5.91 Å². The van der Waals surface area contributed by atoms with Crippen molar-refractivity contribution < 1.29 is 9.53 Å². The van der Waals surface area contributed by atoms with E-state index < -0.39 is 0 Å². The molecule has 3 heterocycles. The Morgan fingerprint density at radius 3 is 2.88 bits per heavy atom. The van der Waals surface area contributed by atoms with E-state index in [1.807, 2.05) is 13.1 Å². The van der Waals surface area contributed by atoms with Gasteiger partial charge in [0.15, 0.2) is 0 Å². The molecule has 0 spiro atoms. The number of amides is 1. The molecule has 0 atom stereocenters. The van der Waals surface area contributed by atoms with Gasteiger partial charge in [-0.15, -0.1) is 0 Å². The Kier molecular flexibility index (Phi) is 5.30. The highest BCUT2D eigenvalue weighted by atomic mass is 16.5. The van der Waals surface area contributed by atoms with E-state index in [1.165, 1.54) is 0 Å². The number of carbonyl (C=O) groups excluding carboxylic acids is 1. The Labute approximate surface area is 142 Å². The molecule has 0 unspecified atom stereocenters. The van der Waals surface area contributed by atoms with E-state index in [-0.39, 0.29) is 5.91 Å². The second-order valence-electron chi connectivity index (χ2n) is 6.14. The summed E-state index contributed by atoms with van der Waals surface area (Å²) in [4.78, 5) is 16.8. The third kappa shape index (κ3) is 3.67. The van der Waals surface area contributed by atoms with E-state index in [1.54, 1.807) is 17.1 Å². The van der Waals surface area contributed by atoms with Gasteiger partial charge in [0.2, 0.25) is 0 Å². The largest absolute Gasteiger partial charge is 0.381 e. The van der Waals surface area contributed by atoms with Gasteiger partial charge in [-0.1, -0.05) is 0 Å². The van der Waals surface area contributed by atoms with Gasteiger partial charge in [0, 0.05) is 56.9 Å². The van der Waals surface area contributed by atoms with Gasteiger partial charge in [0.05, 0.1) is 11.8 Å². The van der Waals surface area contributed by atoms with Crippen LogP contribution >= 0.6 is 0 Å². The molecule has 130 valence electrons. The van der Waals surface area contributed by atoms with Crippen molar-refractivity contribution in [3.63, 3.8) is 0 Å². The third-order valence-electron chi connectivity index (χ3n) is 4.51. The van der Waals surface area contributed by atoms with E-state index in [9.17, 15) is 4.79 Å². The average Bonchev–Trinajstić information content (AvgIpc) is 3.23. The highest BCUT2D eigenvalue weighted by molar-refractivity contribution is 5.93. The number of carbonyl (C=O) groups is 1. The van der Waals surface area contributed by atoms with Gasteiger partial charge in [-0.2, -0.15) is 5.10 Å². The van der Waals surface area contributed by atoms with Gasteiger partial charge in [-0.3, -0.25) is 9.48 Å². The molecule has 7 nitrogen and oxygen atoms in total. The van der Waals surface area contributed by atoms with E-state index >= 15 is 0 Å². The van der Waals surface area contributed by atoms with E-state index in [0.717, 1.165) is 50.7 Å². The van der Waals surface area contributed by atoms with Crippen LogP contribution in [0.3, 0.4) is 0 Å². The maximum absolute atomic E-state index is 12.2. The van der Waals surface area contributed by atoms with E-state index in [2.05, 4.69) is 26.9 Å². The van der Waals surface area contributed by atoms with Gasteiger partial charge >= 0.3 is 0 Å². The molecule has 1 aliphatic rings. The summed E-state index contributed by atoms with van der Waals surface area (Å²) in [5.74, 6) is 1.48. The lowest BCUT2D eigenvalue weighted by Gasteiger charge is -2.23. The molecule has 0 bridgehead atoms. The summed E-state index contributed by atoms with van der Waals surface area (Å²) < 4.78 is 9.40. The summed E-state index contributed by atoms with van der Waals surface area (Å²) >= 11 is 0. The van der Waals surface area contributed by atoms with Crippen molar-refractivity contribution in [2.24, 2.45) is 0 Å². The molecule has 2 aromatic heterocycles. The molecule has 0 radical (unpaired) electrons. The van der Waals surface area contributed by atoms with Crippen LogP contribution in [0.25, 0.3) is 0 Å². The Morgan fingerprint density at radius 2 is 2.17 bits per heavy atom. The fraction of sp³-hybridized carbons (Fsp3) is 0.588. The summed E-state index contributed by atoms with van der Waals surface area (Å²) in [6.07, 6.45) is 7.32. The van der Waals surface area contributed by atoms with Crippen LogP contribution in [0.15, 0.2) is 18.6 Å². The zero-order valence-electron chi connectivity index (χ0n) is 14.4. The second-order valence-corrected chi connectivity index (χ2v) is 6.14. The summed E-state index contributed by atoms with van der Waals surface area (Å²) in [6, 6.07) is 0. The second kappa shape index (κ2) is 7.61. The van der Waals surface area contributed by atoms with Gasteiger partial charge in [-0.25, -0.2) is 4.98 Å². The van der Waals surface area contributed by atoms with Crippen LogP contribution in [0.4, 0.5) is 0 Å². The number of imidazole rings is 1. The van der Waals surface area contributed by atoms with Crippen LogP contribution in [0.2, 0.25) is 0 Å². The number of aryl methyl sites for hydroxylation is 2. The van der Waals surface area contributed by atoms with E-state index in [4.69, 9.17) is 4.74 Å². The summed E-state index contributed by atoms with van der Waals surface area (Å²) in [5.41, 5.74) is 1.73. The van der Waals surface area contributed by atoms with Crippen molar-refractivity contribution >= 4 is 5.91 Å². The number of nitrogens with zero attached hydrogens (tertiary/aromatic N) is 4. The van der Waals surface area contributed by atoms with Crippen LogP contribution in [0.1, 0.15) is 47.6 Å². The zero-order chi connectivity index (χ0) is 16.9. The van der Waals surface area contributed by atoms with Crippen molar-refractivity contribution in [3.05, 3.63) is 35.7 Å². The van der Waals surface area contributed by atoms with Crippen LogP contribution in [-0.2, 0) is 17.8 Å². The maximum Gasteiger partial charge on any atom is 0.254 e. The number of hydrogen-bond acceptors (Lipinski definition) is 4. The van der Waals surface area contributed by atoms with Crippen molar-refractivity contribution in [1.82, 2.24) is 24.6 Å². The quantitative estimate of drug-likeness (QED) is 0.875. The molecule has 1 amide bonds. The van der Waals surface area contributed by atoms with Crippen LogP contribution < -0.4 is 5.32 Å². The Balaban J connectivity index is 1.58. The summed E-state index contributed by atoms with van der Waals surface area (Å²) in [5, 5.41) is 7.10. The molecule has 0 saturated carbocycles. The standard InChI is InChI=1S/C17H25N5O2/c1-3-21-12-15(11-20-21)17(23)18-6-7-22-13(2)10-19-16(22)14-4-8-24-9-5-14/h10-12,14H,3-9H2,1-2H3,(H,18,23). The van der Waals surface area contributed by atoms with Crippen molar-refractivity contribution in [3.8, 4) is 0 Å². The summed E-state index contributed by atoms with van der Waals surface area (Å²) in [6.45, 7) is 7.71. The molecule has 0 aromatic carbocycles. The molecule has 1 saturated heterocycles. The predicted molar refractivity (Wildman–Crippen MR) is 90.0 cm³/mol. The Morgan fingerprint density at radius 1 is 1.38 bits per heavy atom. The van der Waals surface area contributed by atoms with E-state index in [0.29, 0.717) is 18.0 Å². The number of rotatable bonds is 6. The first kappa shape index (κ1) is 16.7. The van der Waals surface area contributed by atoms with Crippen molar-refractivity contribution in [2.45, 2.75) is 45.7 Å². The predicted octanol–water partition coefficient (Wildman–Crippen LogP) is 1.73. The molecule has 2 aromatic rings. The molecule has 0 aliphatic carbocycles. The Bertz CT molecular complexity index is 685.